The van der Waals surface area contributed by atoms with E-state index in [1.54, 1.807) is 0 Å². The van der Waals surface area contributed by atoms with Crippen molar-refractivity contribution in [1.82, 2.24) is 5.43 Å². The van der Waals surface area contributed by atoms with Crippen molar-refractivity contribution in [3.8, 4) is 11.5 Å². The summed E-state index contributed by atoms with van der Waals surface area (Å²) < 4.78 is 4.84. The highest BCUT2D eigenvalue weighted by Gasteiger charge is 2.23. The average molecular weight is 335 g/mol. The molecule has 0 unspecified atom stereocenters. The monoisotopic (exact) mass is 335 g/mol. The summed E-state index contributed by atoms with van der Waals surface area (Å²) in [5, 5.41) is 26.3. The molecule has 0 aliphatic heterocycles. The van der Waals surface area contributed by atoms with Gasteiger partial charge in [-0.1, -0.05) is 6.07 Å². The largest absolute Gasteiger partial charge is 0.504 e. The van der Waals surface area contributed by atoms with Crippen LogP contribution in [-0.2, 0) is 11.2 Å². The topological polar surface area (TPSA) is 114 Å². The molecule has 1 heterocycles. The SMILES string of the molecule is COc1c(O)ccc(/C=N/NC(=O)Cc2cccs2)c1[N+](=O)[O-]. The van der Waals surface area contributed by atoms with Crippen LogP contribution in [0.25, 0.3) is 0 Å². The molecule has 8 nitrogen and oxygen atoms in total. The molecule has 1 aromatic heterocycles. The smallest absolute Gasteiger partial charge is 0.323 e. The number of phenolic OH excluding ortho intramolecular Hbond substituents is 1. The summed E-state index contributed by atoms with van der Waals surface area (Å²) in [6.07, 6.45) is 1.31. The van der Waals surface area contributed by atoms with E-state index in [-0.39, 0.29) is 29.4 Å². The van der Waals surface area contributed by atoms with Crippen molar-refractivity contribution in [2.75, 3.05) is 7.11 Å². The number of aromatic hydroxyl groups is 1. The molecule has 1 amide bonds. The molecule has 23 heavy (non-hydrogen) atoms. The van der Waals surface area contributed by atoms with Crippen LogP contribution in [-0.4, -0.2) is 29.3 Å². The van der Waals surface area contributed by atoms with E-state index < -0.39 is 10.6 Å². The number of ether oxygens (including phenoxy) is 1. The van der Waals surface area contributed by atoms with Gasteiger partial charge in [0.1, 0.15) is 0 Å². The normalized spacial score (nSPS) is 10.7. The number of rotatable bonds is 6. The van der Waals surface area contributed by atoms with Gasteiger partial charge < -0.3 is 9.84 Å². The Bertz CT molecular complexity index is 743. The summed E-state index contributed by atoms with van der Waals surface area (Å²) in [4.78, 5) is 23.0. The minimum Gasteiger partial charge on any atom is -0.504 e. The fourth-order valence-corrected chi connectivity index (χ4v) is 2.56. The van der Waals surface area contributed by atoms with Crippen LogP contribution in [0.3, 0.4) is 0 Å². The Hall–Kier alpha value is -2.94. The van der Waals surface area contributed by atoms with Crippen LogP contribution in [0.4, 0.5) is 5.69 Å². The third-order valence-corrected chi connectivity index (χ3v) is 3.71. The number of amides is 1. The number of phenols is 1. The molecule has 2 N–H and O–H groups in total. The maximum atomic E-state index is 11.7. The number of carbonyl (C=O) groups excluding carboxylic acids is 1. The second-order valence-electron chi connectivity index (χ2n) is 4.36. The van der Waals surface area contributed by atoms with Gasteiger partial charge >= 0.3 is 5.69 Å². The summed E-state index contributed by atoms with van der Waals surface area (Å²) in [6.45, 7) is 0. The van der Waals surface area contributed by atoms with E-state index in [1.807, 2.05) is 17.5 Å². The quantitative estimate of drug-likeness (QED) is 0.476. The molecule has 9 heteroatoms. The zero-order valence-corrected chi connectivity index (χ0v) is 12.9. The maximum Gasteiger partial charge on any atom is 0.323 e. The zero-order valence-electron chi connectivity index (χ0n) is 12.1. The molecule has 0 bridgehead atoms. The number of hydrogen-bond donors (Lipinski definition) is 2. The van der Waals surface area contributed by atoms with Crippen molar-refractivity contribution >= 4 is 29.1 Å². The van der Waals surface area contributed by atoms with Crippen LogP contribution in [0, 0.1) is 10.1 Å². The first-order valence-electron chi connectivity index (χ1n) is 6.41. The molecule has 0 aliphatic carbocycles. The molecule has 0 aliphatic rings. The fraction of sp³-hybridized carbons (Fsp3) is 0.143. The first-order valence-corrected chi connectivity index (χ1v) is 7.29. The van der Waals surface area contributed by atoms with Crippen LogP contribution in [0.5, 0.6) is 11.5 Å². The third kappa shape index (κ3) is 4.04. The lowest BCUT2D eigenvalue weighted by Gasteiger charge is -2.06. The van der Waals surface area contributed by atoms with Gasteiger partial charge in [0.2, 0.25) is 11.7 Å². The van der Waals surface area contributed by atoms with E-state index in [9.17, 15) is 20.0 Å². The number of hydrazone groups is 1. The van der Waals surface area contributed by atoms with Crippen molar-refractivity contribution in [2.45, 2.75) is 6.42 Å². The molecule has 0 radical (unpaired) electrons. The lowest BCUT2D eigenvalue weighted by atomic mass is 10.1. The molecule has 0 fully saturated rings. The van der Waals surface area contributed by atoms with Crippen LogP contribution >= 0.6 is 11.3 Å². The van der Waals surface area contributed by atoms with E-state index >= 15 is 0 Å². The first kappa shape index (κ1) is 16.4. The van der Waals surface area contributed by atoms with Gasteiger partial charge in [0.15, 0.2) is 5.75 Å². The number of benzene rings is 1. The third-order valence-electron chi connectivity index (χ3n) is 2.84. The van der Waals surface area contributed by atoms with E-state index in [1.165, 1.54) is 30.6 Å². The number of nitro benzene ring substituents is 1. The van der Waals surface area contributed by atoms with Gasteiger partial charge in [-0.05, 0) is 23.6 Å². The summed E-state index contributed by atoms with van der Waals surface area (Å²) in [7, 11) is 1.21. The number of carbonyl (C=O) groups is 1. The van der Waals surface area contributed by atoms with Crippen LogP contribution in [0.2, 0.25) is 0 Å². The van der Waals surface area contributed by atoms with Gasteiger partial charge in [-0.25, -0.2) is 5.43 Å². The Morgan fingerprint density at radius 3 is 2.91 bits per heavy atom. The van der Waals surface area contributed by atoms with Crippen molar-refractivity contribution in [1.29, 1.82) is 0 Å². The average Bonchev–Trinajstić information content (AvgIpc) is 3.00. The Balaban J connectivity index is 2.13. The predicted octanol–water partition coefficient (Wildman–Crippen LogP) is 2.06. The molecular weight excluding hydrogens is 322 g/mol. The molecule has 2 rings (SSSR count). The van der Waals surface area contributed by atoms with Crippen molar-refractivity contribution in [3.05, 3.63) is 50.2 Å². The Kier molecular flexibility index (Phi) is 5.26. The second kappa shape index (κ2) is 7.36. The molecule has 120 valence electrons. The second-order valence-corrected chi connectivity index (χ2v) is 5.39. The molecule has 0 saturated carbocycles. The number of nitrogens with one attached hydrogen (secondary N) is 1. The standard InChI is InChI=1S/C14H13N3O5S/c1-22-14-11(18)5-4-9(13(14)17(20)21)8-15-16-12(19)7-10-3-2-6-23-10/h2-6,8,18H,7H2,1H3,(H,16,19)/b15-8+. The van der Waals surface area contributed by atoms with E-state index in [2.05, 4.69) is 10.5 Å². The van der Waals surface area contributed by atoms with E-state index in [0.29, 0.717) is 0 Å². The van der Waals surface area contributed by atoms with Crippen molar-refractivity contribution in [3.63, 3.8) is 0 Å². The maximum absolute atomic E-state index is 11.7. The number of thiophene rings is 1. The Labute approximate surface area is 135 Å². The van der Waals surface area contributed by atoms with Crippen molar-refractivity contribution < 1.29 is 19.6 Å². The Morgan fingerprint density at radius 1 is 1.52 bits per heavy atom. The minimum atomic E-state index is -0.687. The van der Waals surface area contributed by atoms with E-state index in [0.717, 1.165) is 11.1 Å². The Morgan fingerprint density at radius 2 is 2.30 bits per heavy atom. The summed E-state index contributed by atoms with van der Waals surface area (Å²) in [5.41, 5.74) is 1.97. The highest BCUT2D eigenvalue weighted by molar-refractivity contribution is 7.10. The highest BCUT2D eigenvalue weighted by Crippen LogP contribution is 2.37. The summed E-state index contributed by atoms with van der Waals surface area (Å²) in [5.74, 6) is -0.945. The van der Waals surface area contributed by atoms with Gasteiger partial charge in [-0.3, -0.25) is 14.9 Å². The van der Waals surface area contributed by atoms with Crippen molar-refractivity contribution in [2.24, 2.45) is 5.10 Å². The number of hydrogen-bond acceptors (Lipinski definition) is 7. The minimum absolute atomic E-state index is 0.0982. The molecule has 0 spiro atoms. The molecule has 1 aromatic carbocycles. The lowest BCUT2D eigenvalue weighted by molar-refractivity contribution is -0.386. The molecular formula is C14H13N3O5S. The van der Waals surface area contributed by atoms with Gasteiger partial charge in [0.05, 0.1) is 30.2 Å². The highest BCUT2D eigenvalue weighted by atomic mass is 32.1. The summed E-state index contributed by atoms with van der Waals surface area (Å²) in [6, 6.07) is 6.22. The first-order chi connectivity index (χ1) is 11.0. The van der Waals surface area contributed by atoms with Gasteiger partial charge in [0.25, 0.3) is 0 Å². The van der Waals surface area contributed by atoms with Gasteiger partial charge in [-0.2, -0.15) is 5.10 Å². The molecule has 0 atom stereocenters. The zero-order chi connectivity index (χ0) is 16.8. The van der Waals surface area contributed by atoms with Gasteiger partial charge in [0, 0.05) is 4.88 Å². The number of methoxy groups -OCH3 is 1. The molecule has 2 aromatic rings. The number of nitrogens with zero attached hydrogens (tertiary/aromatic N) is 2. The fourth-order valence-electron chi connectivity index (χ4n) is 1.85. The van der Waals surface area contributed by atoms with Crippen LogP contribution in [0.1, 0.15) is 10.4 Å². The van der Waals surface area contributed by atoms with Gasteiger partial charge in [-0.15, -0.1) is 11.3 Å². The van der Waals surface area contributed by atoms with Crippen LogP contribution in [0.15, 0.2) is 34.7 Å². The number of nitro groups is 1. The van der Waals surface area contributed by atoms with E-state index in [4.69, 9.17) is 4.74 Å². The van der Waals surface area contributed by atoms with Crippen LogP contribution < -0.4 is 10.2 Å². The lowest BCUT2D eigenvalue weighted by Crippen LogP contribution is -2.19. The predicted molar refractivity (Wildman–Crippen MR) is 85.1 cm³/mol. The molecule has 0 saturated heterocycles. The summed E-state index contributed by atoms with van der Waals surface area (Å²) >= 11 is 1.45.